The Morgan fingerprint density at radius 1 is 1.07 bits per heavy atom. The summed E-state index contributed by atoms with van der Waals surface area (Å²) >= 11 is 6.08. The molecule has 1 N–H and O–H groups in total. The standard InChI is InChI=1S/C21H31ClN2O3S/c22-19-10-6-7-11-20(19)28(26,27)24-15-13-17(16-24)12-14-23-21(25)18-8-4-2-1-3-5-9-18/h6-7,10-11,17-18H,1-5,8-9,12-16H2,(H,23,25). The molecule has 156 valence electrons. The van der Waals surface area contributed by atoms with E-state index in [0.29, 0.717) is 19.6 Å². The Labute approximate surface area is 173 Å². The Morgan fingerprint density at radius 2 is 1.75 bits per heavy atom. The SMILES string of the molecule is O=C(NCCC1CCN(S(=O)(=O)c2ccccc2Cl)C1)C1CCCCCCC1. The van der Waals surface area contributed by atoms with E-state index in [-0.39, 0.29) is 27.7 Å². The third kappa shape index (κ3) is 5.49. The van der Waals surface area contributed by atoms with Crippen molar-refractivity contribution in [3.05, 3.63) is 29.3 Å². The number of amides is 1. The summed E-state index contributed by atoms with van der Waals surface area (Å²) < 4.78 is 27.2. The van der Waals surface area contributed by atoms with Gasteiger partial charge in [-0.05, 0) is 43.7 Å². The van der Waals surface area contributed by atoms with Crippen molar-refractivity contribution in [2.75, 3.05) is 19.6 Å². The van der Waals surface area contributed by atoms with E-state index < -0.39 is 10.0 Å². The predicted octanol–water partition coefficient (Wildman–Crippen LogP) is 4.22. The fourth-order valence-electron chi connectivity index (χ4n) is 4.31. The van der Waals surface area contributed by atoms with Crippen LogP contribution in [-0.2, 0) is 14.8 Å². The number of carbonyl (C=O) groups excluding carboxylic acids is 1. The molecular formula is C21H31ClN2O3S. The molecule has 5 nitrogen and oxygen atoms in total. The van der Waals surface area contributed by atoms with Crippen LogP contribution in [0.1, 0.15) is 57.8 Å². The van der Waals surface area contributed by atoms with E-state index in [2.05, 4.69) is 5.32 Å². The molecule has 2 aliphatic rings. The van der Waals surface area contributed by atoms with Gasteiger partial charge in [0.25, 0.3) is 0 Å². The molecule has 0 aromatic heterocycles. The Hall–Kier alpha value is -1.11. The van der Waals surface area contributed by atoms with Crippen LogP contribution in [0, 0.1) is 11.8 Å². The molecule has 1 saturated heterocycles. The maximum atomic E-state index is 12.8. The number of hydrogen-bond donors (Lipinski definition) is 1. The molecule has 0 spiro atoms. The average molecular weight is 427 g/mol. The summed E-state index contributed by atoms with van der Waals surface area (Å²) in [5, 5.41) is 3.36. The molecule has 1 aliphatic carbocycles. The number of rotatable bonds is 6. The van der Waals surface area contributed by atoms with Crippen LogP contribution in [0.5, 0.6) is 0 Å². The molecule has 1 aliphatic heterocycles. The third-order valence-electron chi connectivity index (χ3n) is 6.03. The Bertz CT molecular complexity index is 761. The van der Waals surface area contributed by atoms with Crippen LogP contribution in [-0.4, -0.2) is 38.3 Å². The third-order valence-corrected chi connectivity index (χ3v) is 8.40. The number of benzene rings is 1. The second-order valence-electron chi connectivity index (χ2n) is 8.07. The van der Waals surface area contributed by atoms with E-state index >= 15 is 0 Å². The van der Waals surface area contributed by atoms with Gasteiger partial charge in [-0.15, -0.1) is 0 Å². The highest BCUT2D eigenvalue weighted by Crippen LogP contribution is 2.29. The second kappa shape index (κ2) is 10.1. The summed E-state index contributed by atoms with van der Waals surface area (Å²) in [6.07, 6.45) is 9.70. The summed E-state index contributed by atoms with van der Waals surface area (Å²) in [5.41, 5.74) is 0. The van der Waals surface area contributed by atoms with E-state index in [1.807, 2.05) is 0 Å². The summed E-state index contributed by atoms with van der Waals surface area (Å²) in [5.74, 6) is 0.608. The number of nitrogens with zero attached hydrogens (tertiary/aromatic N) is 1. The maximum absolute atomic E-state index is 12.8. The van der Waals surface area contributed by atoms with Gasteiger partial charge in [-0.3, -0.25) is 4.79 Å². The van der Waals surface area contributed by atoms with Crippen molar-refractivity contribution >= 4 is 27.5 Å². The van der Waals surface area contributed by atoms with E-state index in [1.165, 1.54) is 23.6 Å². The summed E-state index contributed by atoms with van der Waals surface area (Å²) in [7, 11) is -3.55. The highest BCUT2D eigenvalue weighted by molar-refractivity contribution is 7.89. The zero-order chi connectivity index (χ0) is 20.0. The fourth-order valence-corrected chi connectivity index (χ4v) is 6.33. The first-order valence-corrected chi connectivity index (χ1v) is 12.3. The maximum Gasteiger partial charge on any atom is 0.244 e. The van der Waals surface area contributed by atoms with Crippen LogP contribution >= 0.6 is 11.6 Å². The van der Waals surface area contributed by atoms with Crippen molar-refractivity contribution in [3.63, 3.8) is 0 Å². The highest BCUT2D eigenvalue weighted by Gasteiger charge is 2.33. The van der Waals surface area contributed by atoms with Crippen molar-refractivity contribution in [2.45, 2.75) is 62.7 Å². The first kappa shape index (κ1) is 21.6. The molecule has 3 rings (SSSR count). The minimum Gasteiger partial charge on any atom is -0.356 e. The van der Waals surface area contributed by atoms with Crippen molar-refractivity contribution in [1.29, 1.82) is 0 Å². The number of sulfonamides is 1. The van der Waals surface area contributed by atoms with E-state index in [1.54, 1.807) is 24.3 Å². The van der Waals surface area contributed by atoms with Gasteiger partial charge in [0.05, 0.1) is 5.02 Å². The molecule has 0 bridgehead atoms. The van der Waals surface area contributed by atoms with Gasteiger partial charge in [0.1, 0.15) is 4.90 Å². The molecule has 1 aromatic carbocycles. The van der Waals surface area contributed by atoms with E-state index in [9.17, 15) is 13.2 Å². The lowest BCUT2D eigenvalue weighted by Crippen LogP contribution is -2.33. The molecule has 1 heterocycles. The lowest BCUT2D eigenvalue weighted by Gasteiger charge is -2.20. The molecule has 28 heavy (non-hydrogen) atoms. The van der Waals surface area contributed by atoms with E-state index in [4.69, 9.17) is 11.6 Å². The van der Waals surface area contributed by atoms with Gasteiger partial charge >= 0.3 is 0 Å². The molecular weight excluding hydrogens is 396 g/mol. The Morgan fingerprint density at radius 3 is 2.46 bits per heavy atom. The fraction of sp³-hybridized carbons (Fsp3) is 0.667. The zero-order valence-electron chi connectivity index (χ0n) is 16.4. The summed E-state index contributed by atoms with van der Waals surface area (Å²) in [6, 6.07) is 6.58. The smallest absolute Gasteiger partial charge is 0.244 e. The highest BCUT2D eigenvalue weighted by atomic mass is 35.5. The lowest BCUT2D eigenvalue weighted by molar-refractivity contribution is -0.125. The van der Waals surface area contributed by atoms with Crippen molar-refractivity contribution in [2.24, 2.45) is 11.8 Å². The largest absolute Gasteiger partial charge is 0.356 e. The molecule has 1 unspecified atom stereocenters. The van der Waals surface area contributed by atoms with Crippen LogP contribution in [0.4, 0.5) is 0 Å². The first-order valence-electron chi connectivity index (χ1n) is 10.5. The quantitative estimate of drug-likeness (QED) is 0.740. The van der Waals surface area contributed by atoms with Crippen molar-refractivity contribution in [3.8, 4) is 0 Å². The Balaban J connectivity index is 1.46. The van der Waals surface area contributed by atoms with Gasteiger partial charge in [-0.25, -0.2) is 8.42 Å². The molecule has 1 atom stereocenters. The van der Waals surface area contributed by atoms with Crippen LogP contribution < -0.4 is 5.32 Å². The molecule has 0 radical (unpaired) electrons. The molecule has 1 aromatic rings. The molecule has 7 heteroatoms. The van der Waals surface area contributed by atoms with Crippen LogP contribution in [0.2, 0.25) is 5.02 Å². The van der Waals surface area contributed by atoms with Gasteiger partial charge in [-0.1, -0.05) is 55.8 Å². The number of hydrogen-bond acceptors (Lipinski definition) is 3. The van der Waals surface area contributed by atoms with Gasteiger partial charge in [0, 0.05) is 25.6 Å². The van der Waals surface area contributed by atoms with Crippen LogP contribution in [0.25, 0.3) is 0 Å². The Kier molecular flexibility index (Phi) is 7.77. The van der Waals surface area contributed by atoms with Crippen molar-refractivity contribution in [1.82, 2.24) is 9.62 Å². The first-order chi connectivity index (χ1) is 13.5. The molecule has 1 amide bonds. The van der Waals surface area contributed by atoms with Crippen LogP contribution in [0.15, 0.2) is 29.2 Å². The normalized spacial score (nSPS) is 22.5. The second-order valence-corrected chi connectivity index (χ2v) is 10.4. The number of carbonyl (C=O) groups is 1. The zero-order valence-corrected chi connectivity index (χ0v) is 18.0. The monoisotopic (exact) mass is 426 g/mol. The van der Waals surface area contributed by atoms with Gasteiger partial charge in [-0.2, -0.15) is 4.31 Å². The molecule has 1 saturated carbocycles. The summed E-state index contributed by atoms with van der Waals surface area (Å²) in [4.78, 5) is 12.6. The van der Waals surface area contributed by atoms with Crippen molar-refractivity contribution < 1.29 is 13.2 Å². The minimum atomic E-state index is -3.55. The van der Waals surface area contributed by atoms with Gasteiger partial charge in [0.15, 0.2) is 0 Å². The van der Waals surface area contributed by atoms with Gasteiger partial charge in [0.2, 0.25) is 15.9 Å². The van der Waals surface area contributed by atoms with E-state index in [0.717, 1.165) is 38.5 Å². The van der Waals surface area contributed by atoms with Crippen LogP contribution in [0.3, 0.4) is 0 Å². The lowest BCUT2D eigenvalue weighted by atomic mass is 9.90. The number of nitrogens with one attached hydrogen (secondary N) is 1. The topological polar surface area (TPSA) is 66.5 Å². The number of halogens is 1. The average Bonchev–Trinajstić information content (AvgIpc) is 3.11. The predicted molar refractivity (Wildman–Crippen MR) is 112 cm³/mol. The summed E-state index contributed by atoms with van der Waals surface area (Å²) in [6.45, 7) is 1.63. The molecule has 2 fully saturated rings. The minimum absolute atomic E-state index is 0.154. The van der Waals surface area contributed by atoms with Gasteiger partial charge < -0.3 is 5.32 Å².